The number of carboxylic acid groups (broad SMARTS) is 1. The number of para-hydroxylation sites is 2. The Bertz CT molecular complexity index is 733. The SMILES string of the molecule is CC(C(=O)O)c1cccc2c1Oc1ccccc1CC2=O. The molecule has 0 bridgehead atoms. The Labute approximate surface area is 122 Å². The van der Waals surface area contributed by atoms with Crippen LogP contribution in [0.15, 0.2) is 42.5 Å². The van der Waals surface area contributed by atoms with Crippen molar-refractivity contribution >= 4 is 11.8 Å². The first kappa shape index (κ1) is 13.4. The molecule has 0 saturated heterocycles. The lowest BCUT2D eigenvalue weighted by Crippen LogP contribution is -2.10. The molecule has 2 aromatic carbocycles. The van der Waals surface area contributed by atoms with Crippen LogP contribution in [0.1, 0.15) is 34.3 Å². The van der Waals surface area contributed by atoms with E-state index in [1.54, 1.807) is 31.2 Å². The van der Waals surface area contributed by atoms with Gasteiger partial charge in [0, 0.05) is 17.5 Å². The van der Waals surface area contributed by atoms with Crippen molar-refractivity contribution in [3.8, 4) is 11.5 Å². The van der Waals surface area contributed by atoms with E-state index in [4.69, 9.17) is 4.74 Å². The van der Waals surface area contributed by atoms with Gasteiger partial charge < -0.3 is 9.84 Å². The molecule has 1 N–H and O–H groups in total. The topological polar surface area (TPSA) is 63.6 Å². The number of carbonyl (C=O) groups is 2. The number of aliphatic carboxylic acids is 1. The van der Waals surface area contributed by atoms with Gasteiger partial charge in [0.1, 0.15) is 11.5 Å². The van der Waals surface area contributed by atoms with Gasteiger partial charge in [0.05, 0.1) is 11.5 Å². The molecule has 1 aliphatic rings. The third-order valence-electron chi connectivity index (χ3n) is 3.72. The summed E-state index contributed by atoms with van der Waals surface area (Å²) in [7, 11) is 0. The predicted molar refractivity (Wildman–Crippen MR) is 77.0 cm³/mol. The van der Waals surface area contributed by atoms with Crippen LogP contribution in [0.25, 0.3) is 0 Å². The summed E-state index contributed by atoms with van der Waals surface area (Å²) in [4.78, 5) is 23.6. The van der Waals surface area contributed by atoms with Crippen LogP contribution in [-0.2, 0) is 11.2 Å². The third-order valence-corrected chi connectivity index (χ3v) is 3.72. The predicted octanol–water partition coefficient (Wildman–Crippen LogP) is 3.41. The Balaban J connectivity index is 2.19. The summed E-state index contributed by atoms with van der Waals surface area (Å²) < 4.78 is 5.89. The zero-order valence-electron chi connectivity index (χ0n) is 11.5. The van der Waals surface area contributed by atoms with E-state index in [1.165, 1.54) is 0 Å². The molecule has 1 unspecified atom stereocenters. The van der Waals surface area contributed by atoms with E-state index in [-0.39, 0.29) is 12.2 Å². The molecule has 0 saturated carbocycles. The minimum Gasteiger partial charge on any atom is -0.481 e. The van der Waals surface area contributed by atoms with Crippen molar-refractivity contribution in [3.05, 3.63) is 59.2 Å². The lowest BCUT2D eigenvalue weighted by Gasteiger charge is -2.15. The van der Waals surface area contributed by atoms with E-state index < -0.39 is 11.9 Å². The van der Waals surface area contributed by atoms with Gasteiger partial charge in [-0.25, -0.2) is 0 Å². The Morgan fingerprint density at radius 2 is 1.95 bits per heavy atom. The number of carboxylic acids is 1. The lowest BCUT2D eigenvalue weighted by atomic mass is 9.95. The van der Waals surface area contributed by atoms with E-state index in [0.29, 0.717) is 22.6 Å². The van der Waals surface area contributed by atoms with Gasteiger partial charge in [-0.2, -0.15) is 0 Å². The zero-order chi connectivity index (χ0) is 15.0. The molecule has 4 heteroatoms. The van der Waals surface area contributed by atoms with Crippen molar-refractivity contribution in [2.24, 2.45) is 0 Å². The molecule has 0 fully saturated rings. The van der Waals surface area contributed by atoms with Gasteiger partial charge in [0.15, 0.2) is 5.78 Å². The highest BCUT2D eigenvalue weighted by molar-refractivity contribution is 6.01. The molecular formula is C17H14O4. The Morgan fingerprint density at radius 1 is 1.19 bits per heavy atom. The van der Waals surface area contributed by atoms with E-state index in [9.17, 15) is 14.7 Å². The Kier molecular flexibility index (Phi) is 3.22. The normalized spacial score (nSPS) is 14.4. The van der Waals surface area contributed by atoms with Gasteiger partial charge in [-0.05, 0) is 19.1 Å². The van der Waals surface area contributed by atoms with E-state index >= 15 is 0 Å². The van der Waals surface area contributed by atoms with Gasteiger partial charge >= 0.3 is 5.97 Å². The number of rotatable bonds is 2. The molecule has 0 aromatic heterocycles. The molecule has 4 nitrogen and oxygen atoms in total. The monoisotopic (exact) mass is 282 g/mol. The second-order valence-corrected chi connectivity index (χ2v) is 5.09. The molecule has 0 aliphatic carbocycles. The van der Waals surface area contributed by atoms with Crippen molar-refractivity contribution in [2.45, 2.75) is 19.3 Å². The number of benzene rings is 2. The van der Waals surface area contributed by atoms with Crippen LogP contribution in [0.5, 0.6) is 11.5 Å². The maximum absolute atomic E-state index is 12.4. The first-order valence-electron chi connectivity index (χ1n) is 6.72. The van der Waals surface area contributed by atoms with Gasteiger partial charge in [-0.15, -0.1) is 0 Å². The highest BCUT2D eigenvalue weighted by atomic mass is 16.5. The van der Waals surface area contributed by atoms with Crippen LogP contribution < -0.4 is 4.74 Å². The van der Waals surface area contributed by atoms with Crippen LogP contribution in [0.2, 0.25) is 0 Å². The van der Waals surface area contributed by atoms with Crippen LogP contribution >= 0.6 is 0 Å². The zero-order valence-corrected chi connectivity index (χ0v) is 11.5. The molecule has 2 aromatic rings. The largest absolute Gasteiger partial charge is 0.481 e. The molecule has 106 valence electrons. The second kappa shape index (κ2) is 5.05. The maximum atomic E-state index is 12.4. The molecule has 0 amide bonds. The van der Waals surface area contributed by atoms with Crippen molar-refractivity contribution < 1.29 is 19.4 Å². The van der Waals surface area contributed by atoms with Gasteiger partial charge in [-0.3, -0.25) is 9.59 Å². The number of carbonyl (C=O) groups excluding carboxylic acids is 1. The molecule has 3 rings (SSSR count). The quantitative estimate of drug-likeness (QED) is 0.916. The van der Waals surface area contributed by atoms with Crippen molar-refractivity contribution in [3.63, 3.8) is 0 Å². The summed E-state index contributed by atoms with van der Waals surface area (Å²) in [6.45, 7) is 1.59. The van der Waals surface area contributed by atoms with Gasteiger partial charge in [0.2, 0.25) is 0 Å². The summed E-state index contributed by atoms with van der Waals surface area (Å²) in [5.74, 6) is -0.777. The van der Waals surface area contributed by atoms with Crippen LogP contribution in [0.4, 0.5) is 0 Å². The first-order chi connectivity index (χ1) is 10.1. The maximum Gasteiger partial charge on any atom is 0.310 e. The highest BCUT2D eigenvalue weighted by Gasteiger charge is 2.27. The minimum atomic E-state index is -0.947. The fraction of sp³-hybridized carbons (Fsp3) is 0.176. The van der Waals surface area contributed by atoms with Crippen molar-refractivity contribution in [1.82, 2.24) is 0 Å². The summed E-state index contributed by atoms with van der Waals surface area (Å²) >= 11 is 0. The molecule has 1 heterocycles. The molecule has 1 atom stereocenters. The summed E-state index contributed by atoms with van der Waals surface area (Å²) in [5.41, 5.74) is 1.77. The van der Waals surface area contributed by atoms with Crippen molar-refractivity contribution in [1.29, 1.82) is 0 Å². The summed E-state index contributed by atoms with van der Waals surface area (Å²) in [6, 6.07) is 12.4. The number of hydrogen-bond donors (Lipinski definition) is 1. The fourth-order valence-corrected chi connectivity index (χ4v) is 2.49. The van der Waals surface area contributed by atoms with Crippen molar-refractivity contribution in [2.75, 3.05) is 0 Å². The first-order valence-corrected chi connectivity index (χ1v) is 6.72. The number of Topliss-reactive ketones (excluding diaryl/α,β-unsaturated/α-hetero) is 1. The fourth-order valence-electron chi connectivity index (χ4n) is 2.49. The molecule has 1 aliphatic heterocycles. The summed E-state index contributed by atoms with van der Waals surface area (Å²) in [5, 5.41) is 9.23. The number of ether oxygens (including phenoxy) is 1. The molecule has 0 spiro atoms. The average molecular weight is 282 g/mol. The van der Waals surface area contributed by atoms with E-state index in [0.717, 1.165) is 5.56 Å². The number of ketones is 1. The van der Waals surface area contributed by atoms with Crippen LogP contribution in [-0.4, -0.2) is 16.9 Å². The third kappa shape index (κ3) is 2.29. The Morgan fingerprint density at radius 3 is 2.71 bits per heavy atom. The summed E-state index contributed by atoms with van der Waals surface area (Å²) in [6.07, 6.45) is 0.258. The van der Waals surface area contributed by atoms with E-state index in [1.807, 2.05) is 18.2 Å². The van der Waals surface area contributed by atoms with Gasteiger partial charge in [0.25, 0.3) is 0 Å². The van der Waals surface area contributed by atoms with E-state index in [2.05, 4.69) is 0 Å². The molecular weight excluding hydrogens is 268 g/mol. The molecule has 0 radical (unpaired) electrons. The molecule has 21 heavy (non-hydrogen) atoms. The standard InChI is InChI=1S/C17H14O4/c1-10(17(19)20)12-6-4-7-13-14(18)9-11-5-2-3-8-15(11)21-16(12)13/h2-8,10H,9H2,1H3,(H,19,20). The smallest absolute Gasteiger partial charge is 0.310 e. The average Bonchev–Trinajstić information content (AvgIpc) is 2.62. The number of fused-ring (bicyclic) bond motifs is 2. The second-order valence-electron chi connectivity index (χ2n) is 5.09. The highest BCUT2D eigenvalue weighted by Crippen LogP contribution is 2.38. The van der Waals surface area contributed by atoms with Crippen LogP contribution in [0.3, 0.4) is 0 Å². The minimum absolute atomic E-state index is 0.0608. The van der Waals surface area contributed by atoms with Crippen LogP contribution in [0, 0.1) is 0 Å². The Hall–Kier alpha value is -2.62. The number of hydrogen-bond acceptors (Lipinski definition) is 3. The van der Waals surface area contributed by atoms with Gasteiger partial charge in [-0.1, -0.05) is 30.3 Å². The lowest BCUT2D eigenvalue weighted by molar-refractivity contribution is -0.138.